The zero-order valence-electron chi connectivity index (χ0n) is 12.1. The summed E-state index contributed by atoms with van der Waals surface area (Å²) in [7, 11) is 1.65. The molecule has 0 N–H and O–H groups in total. The average molecular weight is 371 g/mol. The maximum Gasteiger partial charge on any atom is 0.389 e. The monoisotopic (exact) mass is 370 g/mol. The molecule has 0 saturated heterocycles. The van der Waals surface area contributed by atoms with E-state index >= 15 is 0 Å². The molecule has 0 aliphatic heterocycles. The van der Waals surface area contributed by atoms with Gasteiger partial charge in [0, 0.05) is 19.8 Å². The van der Waals surface area contributed by atoms with E-state index in [9.17, 15) is 14.9 Å². The van der Waals surface area contributed by atoms with Crippen LogP contribution in [0.25, 0.3) is 0 Å². The van der Waals surface area contributed by atoms with Crippen LogP contribution < -0.4 is 0 Å². The lowest BCUT2D eigenvalue weighted by Gasteiger charge is -2.15. The van der Waals surface area contributed by atoms with Crippen LogP contribution in [0.4, 0.5) is 5.82 Å². The Bertz CT molecular complexity index is 695. The SMILES string of the molecule is CCn1cc(Br)c(CN(C)C(=O)Cn2ccc([N+](=O)[O-])n2)n1. The van der Waals surface area contributed by atoms with Gasteiger partial charge in [0.15, 0.2) is 0 Å². The molecule has 0 spiro atoms. The van der Waals surface area contributed by atoms with Crippen molar-refractivity contribution in [2.24, 2.45) is 0 Å². The largest absolute Gasteiger partial charge is 0.389 e. The van der Waals surface area contributed by atoms with E-state index in [1.165, 1.54) is 21.8 Å². The number of nitrogens with zero attached hydrogens (tertiary/aromatic N) is 6. The molecule has 0 fully saturated rings. The van der Waals surface area contributed by atoms with E-state index in [4.69, 9.17) is 0 Å². The minimum Gasteiger partial charge on any atom is -0.358 e. The summed E-state index contributed by atoms with van der Waals surface area (Å²) in [5, 5.41) is 18.6. The van der Waals surface area contributed by atoms with Gasteiger partial charge in [-0.2, -0.15) is 9.78 Å². The molecule has 2 aromatic rings. The maximum absolute atomic E-state index is 12.1. The van der Waals surface area contributed by atoms with Crippen LogP contribution in [0.1, 0.15) is 12.6 Å². The number of halogens is 1. The summed E-state index contributed by atoms with van der Waals surface area (Å²) in [6.07, 6.45) is 3.26. The lowest BCUT2D eigenvalue weighted by Crippen LogP contribution is -2.30. The van der Waals surface area contributed by atoms with Gasteiger partial charge in [-0.1, -0.05) is 0 Å². The van der Waals surface area contributed by atoms with Crippen LogP contribution >= 0.6 is 15.9 Å². The number of amides is 1. The molecule has 0 aliphatic rings. The van der Waals surface area contributed by atoms with E-state index < -0.39 is 4.92 Å². The molecule has 1 amide bonds. The number of aryl methyl sites for hydroxylation is 1. The van der Waals surface area contributed by atoms with Gasteiger partial charge in [-0.3, -0.25) is 9.48 Å². The van der Waals surface area contributed by atoms with Crippen LogP contribution in [0.3, 0.4) is 0 Å². The predicted molar refractivity (Wildman–Crippen MR) is 81.0 cm³/mol. The first-order chi connectivity index (χ1) is 10.4. The van der Waals surface area contributed by atoms with Crippen LogP contribution in [0.2, 0.25) is 0 Å². The predicted octanol–water partition coefficient (Wildman–Crippen LogP) is 1.43. The van der Waals surface area contributed by atoms with Crippen LogP contribution in [0, 0.1) is 10.1 Å². The third-order valence-corrected chi connectivity index (χ3v) is 3.70. The maximum atomic E-state index is 12.1. The summed E-state index contributed by atoms with van der Waals surface area (Å²) < 4.78 is 3.86. The lowest BCUT2D eigenvalue weighted by molar-refractivity contribution is -0.389. The molecule has 118 valence electrons. The van der Waals surface area contributed by atoms with E-state index in [-0.39, 0.29) is 18.3 Å². The highest BCUT2D eigenvalue weighted by atomic mass is 79.9. The van der Waals surface area contributed by atoms with Crippen molar-refractivity contribution in [1.29, 1.82) is 0 Å². The second-order valence-corrected chi connectivity index (χ2v) is 5.51. The van der Waals surface area contributed by atoms with Crippen LogP contribution in [-0.2, 0) is 24.4 Å². The molecule has 0 bridgehead atoms. The van der Waals surface area contributed by atoms with E-state index in [2.05, 4.69) is 26.1 Å². The number of hydrogen-bond acceptors (Lipinski definition) is 5. The normalized spacial score (nSPS) is 10.7. The number of hydrogen-bond donors (Lipinski definition) is 0. The fourth-order valence-electron chi connectivity index (χ4n) is 1.81. The molecule has 0 unspecified atom stereocenters. The van der Waals surface area contributed by atoms with E-state index in [1.54, 1.807) is 11.7 Å². The second-order valence-electron chi connectivity index (χ2n) is 4.66. The third kappa shape index (κ3) is 3.70. The van der Waals surface area contributed by atoms with Gasteiger partial charge in [0.1, 0.15) is 6.54 Å². The minimum absolute atomic E-state index is 0.0591. The Balaban J connectivity index is 1.99. The molecular formula is C12H15BrN6O3. The summed E-state index contributed by atoms with van der Waals surface area (Å²) in [6.45, 7) is 3.00. The molecule has 0 saturated carbocycles. The molecule has 0 radical (unpaired) electrons. The van der Waals surface area contributed by atoms with Crippen LogP contribution in [0.15, 0.2) is 22.9 Å². The fraction of sp³-hybridized carbons (Fsp3) is 0.417. The smallest absolute Gasteiger partial charge is 0.358 e. The average Bonchev–Trinajstić information content (AvgIpc) is 3.06. The Morgan fingerprint density at radius 2 is 2.18 bits per heavy atom. The van der Waals surface area contributed by atoms with Gasteiger partial charge in [0.05, 0.1) is 34.1 Å². The Hall–Kier alpha value is -2.23. The standard InChI is InChI=1S/C12H15BrN6O3/c1-3-17-6-9(13)10(14-17)7-16(2)12(20)8-18-5-4-11(15-18)19(21)22/h4-6H,3,7-8H2,1-2H3. The highest BCUT2D eigenvalue weighted by Gasteiger charge is 2.17. The molecule has 2 heterocycles. The minimum atomic E-state index is -0.598. The first-order valence-electron chi connectivity index (χ1n) is 6.54. The topological polar surface area (TPSA) is 99.1 Å². The van der Waals surface area contributed by atoms with E-state index in [1.807, 2.05) is 13.1 Å². The van der Waals surface area contributed by atoms with Gasteiger partial charge < -0.3 is 15.0 Å². The van der Waals surface area contributed by atoms with Crippen molar-refractivity contribution >= 4 is 27.7 Å². The van der Waals surface area contributed by atoms with Crippen molar-refractivity contribution in [3.8, 4) is 0 Å². The summed E-state index contributed by atoms with van der Waals surface area (Å²) >= 11 is 3.41. The van der Waals surface area contributed by atoms with Crippen LogP contribution in [-0.4, -0.2) is 42.3 Å². The van der Waals surface area contributed by atoms with Crippen molar-refractivity contribution in [2.45, 2.75) is 26.6 Å². The van der Waals surface area contributed by atoms with Crippen molar-refractivity contribution in [1.82, 2.24) is 24.5 Å². The Morgan fingerprint density at radius 1 is 1.45 bits per heavy atom. The number of rotatable bonds is 6. The van der Waals surface area contributed by atoms with Gasteiger partial charge in [0.2, 0.25) is 5.91 Å². The second kappa shape index (κ2) is 6.69. The van der Waals surface area contributed by atoms with Crippen molar-refractivity contribution in [2.75, 3.05) is 7.05 Å². The molecule has 10 heteroatoms. The van der Waals surface area contributed by atoms with Gasteiger partial charge in [-0.25, -0.2) is 0 Å². The first-order valence-corrected chi connectivity index (χ1v) is 7.33. The molecule has 22 heavy (non-hydrogen) atoms. The lowest BCUT2D eigenvalue weighted by atomic mass is 10.4. The van der Waals surface area contributed by atoms with Gasteiger partial charge >= 0.3 is 5.82 Å². The quantitative estimate of drug-likeness (QED) is 0.565. The molecule has 0 aliphatic carbocycles. The van der Waals surface area contributed by atoms with Gasteiger partial charge in [-0.15, -0.1) is 0 Å². The zero-order chi connectivity index (χ0) is 16.3. The highest BCUT2D eigenvalue weighted by molar-refractivity contribution is 9.10. The molecule has 2 rings (SSSR count). The Kier molecular flexibility index (Phi) is 4.91. The molecular weight excluding hydrogens is 356 g/mol. The molecule has 0 atom stereocenters. The van der Waals surface area contributed by atoms with Crippen molar-refractivity contribution < 1.29 is 9.72 Å². The number of carbonyl (C=O) groups is 1. The van der Waals surface area contributed by atoms with Gasteiger partial charge in [0.25, 0.3) is 0 Å². The fourth-order valence-corrected chi connectivity index (χ4v) is 2.26. The summed E-state index contributed by atoms with van der Waals surface area (Å²) in [4.78, 5) is 23.6. The van der Waals surface area contributed by atoms with Crippen molar-refractivity contribution in [3.05, 3.63) is 38.7 Å². The Morgan fingerprint density at radius 3 is 2.73 bits per heavy atom. The summed E-state index contributed by atoms with van der Waals surface area (Å²) in [5.74, 6) is -0.490. The van der Waals surface area contributed by atoms with Crippen LogP contribution in [0.5, 0.6) is 0 Å². The number of likely N-dealkylation sites (N-methyl/N-ethyl adjacent to an activating group) is 1. The molecule has 9 nitrogen and oxygen atoms in total. The highest BCUT2D eigenvalue weighted by Crippen LogP contribution is 2.16. The Labute approximate surface area is 134 Å². The first kappa shape index (κ1) is 16.1. The zero-order valence-corrected chi connectivity index (χ0v) is 13.7. The molecule has 0 aromatic carbocycles. The molecule has 2 aromatic heterocycles. The summed E-state index contributed by atoms with van der Waals surface area (Å²) in [5.41, 5.74) is 0.754. The number of nitro groups is 1. The van der Waals surface area contributed by atoms with E-state index in [0.29, 0.717) is 6.54 Å². The number of carbonyl (C=O) groups excluding carboxylic acids is 1. The van der Waals surface area contributed by atoms with Gasteiger partial charge in [-0.05, 0) is 27.8 Å². The van der Waals surface area contributed by atoms with Crippen molar-refractivity contribution in [3.63, 3.8) is 0 Å². The summed E-state index contributed by atoms with van der Waals surface area (Å²) in [6, 6.07) is 1.26. The third-order valence-electron chi connectivity index (χ3n) is 3.03. The number of aromatic nitrogens is 4. The van der Waals surface area contributed by atoms with E-state index in [0.717, 1.165) is 16.7 Å².